The van der Waals surface area contributed by atoms with E-state index in [0.717, 1.165) is 24.3 Å². The largest absolute Gasteiger partial charge is 0.371 e. The SMILES string of the molecule is C[C@@H]1CN(C(=O)[C@@H]2CCO[C@H]2c2ccnn2C)c2ccccc21. The molecule has 0 aliphatic carbocycles. The van der Waals surface area contributed by atoms with Gasteiger partial charge in [-0.05, 0) is 24.1 Å². The first kappa shape index (κ1) is 14.5. The van der Waals surface area contributed by atoms with E-state index in [0.29, 0.717) is 12.5 Å². The smallest absolute Gasteiger partial charge is 0.233 e. The highest BCUT2D eigenvalue weighted by atomic mass is 16.5. The number of amides is 1. The maximum atomic E-state index is 13.2. The third kappa shape index (κ3) is 2.27. The summed E-state index contributed by atoms with van der Waals surface area (Å²) < 4.78 is 7.68. The third-order valence-electron chi connectivity index (χ3n) is 5.04. The molecule has 120 valence electrons. The fourth-order valence-corrected chi connectivity index (χ4v) is 3.83. The Morgan fingerprint density at radius 2 is 2.13 bits per heavy atom. The summed E-state index contributed by atoms with van der Waals surface area (Å²) in [6, 6.07) is 10.2. The number of para-hydroxylation sites is 1. The average Bonchev–Trinajstić information content (AvgIpc) is 3.26. The van der Waals surface area contributed by atoms with Crippen molar-refractivity contribution < 1.29 is 9.53 Å². The van der Waals surface area contributed by atoms with Crippen molar-refractivity contribution in [2.45, 2.75) is 25.4 Å². The van der Waals surface area contributed by atoms with Gasteiger partial charge in [0.15, 0.2) is 0 Å². The number of nitrogens with zero attached hydrogens (tertiary/aromatic N) is 3. The van der Waals surface area contributed by atoms with Crippen molar-refractivity contribution in [3.63, 3.8) is 0 Å². The van der Waals surface area contributed by atoms with Crippen LogP contribution in [0.5, 0.6) is 0 Å². The zero-order valence-electron chi connectivity index (χ0n) is 13.5. The van der Waals surface area contributed by atoms with E-state index >= 15 is 0 Å². The summed E-state index contributed by atoms with van der Waals surface area (Å²) >= 11 is 0. The minimum absolute atomic E-state index is 0.135. The summed E-state index contributed by atoms with van der Waals surface area (Å²) in [5.41, 5.74) is 3.29. The molecule has 0 bridgehead atoms. The maximum absolute atomic E-state index is 13.2. The molecule has 0 radical (unpaired) electrons. The van der Waals surface area contributed by atoms with E-state index in [9.17, 15) is 4.79 Å². The number of carbonyl (C=O) groups excluding carboxylic acids is 1. The fourth-order valence-electron chi connectivity index (χ4n) is 3.83. The van der Waals surface area contributed by atoms with Crippen LogP contribution < -0.4 is 4.90 Å². The van der Waals surface area contributed by atoms with Gasteiger partial charge in [-0.1, -0.05) is 25.1 Å². The van der Waals surface area contributed by atoms with Crippen LogP contribution in [0.15, 0.2) is 36.5 Å². The molecular formula is C18H21N3O2. The fraction of sp³-hybridized carbons (Fsp3) is 0.444. The van der Waals surface area contributed by atoms with Gasteiger partial charge >= 0.3 is 0 Å². The van der Waals surface area contributed by atoms with Crippen LogP contribution in [0.25, 0.3) is 0 Å². The maximum Gasteiger partial charge on any atom is 0.233 e. The lowest BCUT2D eigenvalue weighted by Gasteiger charge is -2.25. The molecule has 1 aromatic carbocycles. The topological polar surface area (TPSA) is 47.4 Å². The highest BCUT2D eigenvalue weighted by Gasteiger charge is 2.41. The number of benzene rings is 1. The monoisotopic (exact) mass is 311 g/mol. The molecule has 0 saturated carbocycles. The van der Waals surface area contributed by atoms with Crippen LogP contribution in [-0.4, -0.2) is 28.8 Å². The quantitative estimate of drug-likeness (QED) is 0.856. The Balaban J connectivity index is 1.63. The van der Waals surface area contributed by atoms with Gasteiger partial charge in [0.25, 0.3) is 0 Å². The molecule has 1 fully saturated rings. The normalized spacial score (nSPS) is 26.5. The highest BCUT2D eigenvalue weighted by molar-refractivity contribution is 5.97. The van der Waals surface area contributed by atoms with Crippen LogP contribution in [0.4, 0.5) is 5.69 Å². The predicted molar refractivity (Wildman–Crippen MR) is 87.2 cm³/mol. The van der Waals surface area contributed by atoms with Gasteiger partial charge in [0, 0.05) is 38.0 Å². The second-order valence-corrected chi connectivity index (χ2v) is 6.47. The number of anilines is 1. The second kappa shape index (κ2) is 5.49. The van der Waals surface area contributed by atoms with E-state index in [4.69, 9.17) is 4.74 Å². The molecule has 5 nitrogen and oxygen atoms in total. The number of ether oxygens (including phenoxy) is 1. The Morgan fingerprint density at radius 1 is 1.30 bits per heavy atom. The molecule has 4 rings (SSSR count). The van der Waals surface area contributed by atoms with Crippen molar-refractivity contribution in [3.05, 3.63) is 47.8 Å². The van der Waals surface area contributed by atoms with Gasteiger partial charge in [-0.25, -0.2) is 0 Å². The van der Waals surface area contributed by atoms with E-state index in [1.165, 1.54) is 5.56 Å². The van der Waals surface area contributed by atoms with E-state index < -0.39 is 0 Å². The van der Waals surface area contributed by atoms with Gasteiger partial charge in [-0.3, -0.25) is 9.48 Å². The summed E-state index contributed by atoms with van der Waals surface area (Å²) in [6.45, 7) is 3.56. The molecule has 2 aliphatic heterocycles. The molecule has 5 heteroatoms. The van der Waals surface area contributed by atoms with Gasteiger partial charge < -0.3 is 9.64 Å². The molecule has 0 N–H and O–H groups in total. The van der Waals surface area contributed by atoms with Crippen molar-refractivity contribution in [1.29, 1.82) is 0 Å². The van der Waals surface area contributed by atoms with Crippen LogP contribution >= 0.6 is 0 Å². The Bertz CT molecular complexity index is 739. The molecule has 1 aromatic heterocycles. The van der Waals surface area contributed by atoms with Gasteiger partial charge in [-0.2, -0.15) is 5.10 Å². The molecule has 0 spiro atoms. The zero-order chi connectivity index (χ0) is 16.0. The number of aryl methyl sites for hydroxylation is 1. The van der Waals surface area contributed by atoms with Crippen LogP contribution in [0.2, 0.25) is 0 Å². The first-order valence-corrected chi connectivity index (χ1v) is 8.16. The van der Waals surface area contributed by atoms with Gasteiger partial charge in [0.2, 0.25) is 5.91 Å². The minimum Gasteiger partial charge on any atom is -0.371 e. The summed E-state index contributed by atoms with van der Waals surface area (Å²) in [5.74, 6) is 0.418. The van der Waals surface area contributed by atoms with Gasteiger partial charge in [0.05, 0.1) is 11.6 Å². The molecule has 2 aromatic rings. The molecule has 0 unspecified atom stereocenters. The zero-order valence-corrected chi connectivity index (χ0v) is 13.5. The van der Waals surface area contributed by atoms with Crippen molar-refractivity contribution in [2.75, 3.05) is 18.1 Å². The highest BCUT2D eigenvalue weighted by Crippen LogP contribution is 2.41. The lowest BCUT2D eigenvalue weighted by atomic mass is 9.97. The van der Waals surface area contributed by atoms with Crippen LogP contribution in [0, 0.1) is 5.92 Å². The Morgan fingerprint density at radius 3 is 2.91 bits per heavy atom. The van der Waals surface area contributed by atoms with Crippen molar-refractivity contribution >= 4 is 11.6 Å². The molecule has 1 saturated heterocycles. The third-order valence-corrected chi connectivity index (χ3v) is 5.04. The van der Waals surface area contributed by atoms with E-state index in [2.05, 4.69) is 18.1 Å². The Kier molecular flexibility index (Phi) is 3.45. The van der Waals surface area contributed by atoms with Crippen molar-refractivity contribution in [2.24, 2.45) is 13.0 Å². The number of rotatable bonds is 2. The predicted octanol–water partition coefficient (Wildman–Crippen LogP) is 2.65. The lowest BCUT2D eigenvalue weighted by Crippen LogP contribution is -2.36. The number of aromatic nitrogens is 2. The van der Waals surface area contributed by atoms with Crippen LogP contribution in [-0.2, 0) is 16.6 Å². The first-order valence-electron chi connectivity index (χ1n) is 8.16. The summed E-state index contributed by atoms with van der Waals surface area (Å²) in [5, 5.41) is 4.21. The molecule has 1 amide bonds. The summed E-state index contributed by atoms with van der Waals surface area (Å²) in [7, 11) is 1.89. The molecule has 23 heavy (non-hydrogen) atoms. The second-order valence-electron chi connectivity index (χ2n) is 6.47. The standard InChI is InChI=1S/C18H21N3O2/c1-12-11-21(15-6-4-3-5-13(12)15)18(22)14-8-10-23-17(14)16-7-9-19-20(16)2/h3-7,9,12,14,17H,8,10-11H2,1-2H3/t12-,14-,17-/m1/s1. The molecule has 3 atom stereocenters. The lowest BCUT2D eigenvalue weighted by molar-refractivity contribution is -0.124. The number of hydrogen-bond acceptors (Lipinski definition) is 3. The summed E-state index contributed by atoms with van der Waals surface area (Å²) in [6.07, 6.45) is 2.33. The molecule has 2 aliphatic rings. The molecule has 3 heterocycles. The average molecular weight is 311 g/mol. The van der Waals surface area contributed by atoms with E-state index in [1.54, 1.807) is 10.9 Å². The molecular weight excluding hydrogens is 290 g/mol. The van der Waals surface area contributed by atoms with E-state index in [-0.39, 0.29) is 17.9 Å². The number of hydrogen-bond donors (Lipinski definition) is 0. The van der Waals surface area contributed by atoms with Crippen LogP contribution in [0.3, 0.4) is 0 Å². The summed E-state index contributed by atoms with van der Waals surface area (Å²) in [4.78, 5) is 15.1. The number of carbonyl (C=O) groups is 1. The Hall–Kier alpha value is -2.14. The first-order chi connectivity index (χ1) is 11.2. The van der Waals surface area contributed by atoms with Crippen LogP contribution in [0.1, 0.15) is 36.6 Å². The van der Waals surface area contributed by atoms with Crippen molar-refractivity contribution in [3.8, 4) is 0 Å². The van der Waals surface area contributed by atoms with Gasteiger partial charge in [-0.15, -0.1) is 0 Å². The Labute approximate surface area is 135 Å². The van der Waals surface area contributed by atoms with Crippen molar-refractivity contribution in [1.82, 2.24) is 9.78 Å². The number of fused-ring (bicyclic) bond motifs is 1. The minimum atomic E-state index is -0.196. The van der Waals surface area contributed by atoms with Gasteiger partial charge in [0.1, 0.15) is 6.10 Å². The van der Waals surface area contributed by atoms with E-state index in [1.807, 2.05) is 36.2 Å².